The zero-order chi connectivity index (χ0) is 64.3. The quantitative estimate of drug-likeness (QED) is 0.149. The van der Waals surface area contributed by atoms with E-state index in [1.165, 1.54) is 182 Å². The van der Waals surface area contributed by atoms with Crippen molar-refractivity contribution < 1.29 is 33.2 Å². The molecule has 15 aliphatic carbocycles. The smallest absolute Gasteiger partial charge is 0.0793 e. The summed E-state index contributed by atoms with van der Waals surface area (Å²) in [4.78, 5) is 0. The van der Waals surface area contributed by atoms with Crippen LogP contribution in [0, 0.1) is 112 Å². The number of methoxy groups -OCH3 is 7. The number of ether oxygens (including phenoxy) is 7. The number of rotatable bonds is 14. The fraction of sp³-hybridized carbons (Fsp3) is 0.786. The standard InChI is InChI=1S/3C13H22O.C13H18O.C13H14O.C10H18O.C9H16O/c1-9(14-2)13-6-10-3-11(7-13)5-12(4-10)8-13;1-8(14-2)13-11-4-9-3-10(6-11)7-12(13)5-9;1-8(14-2)12-6-9-7-13(12)11-5-3-4-10(9)11;2*1-10(14-2)12-8-7-11-5-3-4-6-13(11)9-12;1-7(11-2)10-6-8-3-4-9(10)5-8;1-8(10-2)9-6-4-3-5-7-9/h9-12H,3-8H2,1-2H3;2*8-13H,3-7H2,1-2H3;3-6,10,12H,7-9H2,1-2H3;3-10H,1-2H3;7-10H,3-6H2,1-2H3;3-4,8-9H,5-7H2,1-2H3. The van der Waals surface area contributed by atoms with Gasteiger partial charge in [-0.25, -0.2) is 0 Å². The molecule has 0 heterocycles. The van der Waals surface area contributed by atoms with Crippen LogP contribution in [0.3, 0.4) is 0 Å². The van der Waals surface area contributed by atoms with E-state index in [9.17, 15) is 0 Å². The van der Waals surface area contributed by atoms with E-state index in [0.29, 0.717) is 48.0 Å². The monoisotopic (exact) mass is 1250 g/mol. The molecule has 0 radical (unpaired) electrons. The van der Waals surface area contributed by atoms with Crippen molar-refractivity contribution in [1.29, 1.82) is 0 Å². The van der Waals surface area contributed by atoms with Gasteiger partial charge in [0.05, 0.1) is 42.7 Å². The van der Waals surface area contributed by atoms with Gasteiger partial charge in [0.25, 0.3) is 0 Å². The molecule has 0 spiro atoms. The van der Waals surface area contributed by atoms with Gasteiger partial charge < -0.3 is 33.2 Å². The number of allylic oxidation sites excluding steroid dienone is 2. The highest BCUT2D eigenvalue weighted by Crippen LogP contribution is 2.63. The highest BCUT2D eigenvalue weighted by atomic mass is 16.5. The van der Waals surface area contributed by atoms with Crippen molar-refractivity contribution in [3.8, 4) is 0 Å². The van der Waals surface area contributed by atoms with E-state index in [-0.39, 0.29) is 6.10 Å². The van der Waals surface area contributed by atoms with Gasteiger partial charge in [-0.1, -0.05) is 85.7 Å². The van der Waals surface area contributed by atoms with Gasteiger partial charge in [-0.05, 0) is 348 Å². The van der Waals surface area contributed by atoms with E-state index in [0.717, 1.165) is 101 Å². The minimum Gasteiger partial charge on any atom is -0.381 e. The Kier molecular flexibility index (Phi) is 26.2. The van der Waals surface area contributed by atoms with Gasteiger partial charge in [-0.2, -0.15) is 0 Å². The maximum absolute atomic E-state index is 5.64. The summed E-state index contributed by atoms with van der Waals surface area (Å²) in [7, 11) is 12.8. The Morgan fingerprint density at radius 1 is 0.396 bits per heavy atom. The zero-order valence-corrected chi connectivity index (χ0v) is 60.2. The molecule has 3 aromatic rings. The highest BCUT2D eigenvalue weighted by molar-refractivity contribution is 5.83. The molecule has 12 bridgehead atoms. The summed E-state index contributed by atoms with van der Waals surface area (Å²) in [5.74, 6) is 17.9. The number of benzene rings is 3. The fourth-order valence-corrected chi connectivity index (χ4v) is 23.0. The molecule has 91 heavy (non-hydrogen) atoms. The first-order valence-electron chi connectivity index (χ1n) is 38.0. The largest absolute Gasteiger partial charge is 0.381 e. The minimum atomic E-state index is 0.166. The number of fused-ring (bicyclic) bond motifs is 9. The van der Waals surface area contributed by atoms with Crippen LogP contribution >= 0.6 is 0 Å². The molecular weight excluding hydrogens is 1120 g/mol. The molecule has 0 saturated heterocycles. The van der Waals surface area contributed by atoms with E-state index in [2.05, 4.69) is 127 Å². The van der Waals surface area contributed by atoms with Gasteiger partial charge in [0.1, 0.15) is 0 Å². The fourth-order valence-electron chi connectivity index (χ4n) is 23.0. The third-order valence-corrected chi connectivity index (χ3v) is 28.1. The molecule has 0 aliphatic heterocycles. The van der Waals surface area contributed by atoms with E-state index in [1.54, 1.807) is 27.1 Å². The lowest BCUT2D eigenvalue weighted by molar-refractivity contribution is -0.125. The van der Waals surface area contributed by atoms with Crippen molar-refractivity contribution in [3.63, 3.8) is 0 Å². The first-order valence-corrected chi connectivity index (χ1v) is 38.0. The van der Waals surface area contributed by atoms with Crippen molar-refractivity contribution in [2.45, 2.75) is 258 Å². The average molecular weight is 1250 g/mol. The van der Waals surface area contributed by atoms with Gasteiger partial charge in [-0.15, -0.1) is 0 Å². The number of hydrogen-bond donors (Lipinski definition) is 0. The number of aryl methyl sites for hydroxylation is 1. The Bertz CT molecular complexity index is 2600. The molecule has 13 saturated carbocycles. The molecule has 7 nitrogen and oxygen atoms in total. The topological polar surface area (TPSA) is 64.6 Å². The molecule has 17 atom stereocenters. The normalized spacial score (nSPS) is 38.2. The van der Waals surface area contributed by atoms with E-state index in [1.807, 2.05) is 35.5 Å². The van der Waals surface area contributed by atoms with Crippen LogP contribution in [0.1, 0.15) is 225 Å². The predicted molar refractivity (Wildman–Crippen MR) is 377 cm³/mol. The Hall–Kier alpha value is -2.62. The number of hydrogen-bond acceptors (Lipinski definition) is 7. The van der Waals surface area contributed by atoms with Crippen LogP contribution in [0.2, 0.25) is 0 Å². The molecule has 0 amide bonds. The molecule has 3 aromatic carbocycles. The highest BCUT2D eigenvalue weighted by Gasteiger charge is 2.56. The van der Waals surface area contributed by atoms with Crippen LogP contribution in [0.15, 0.2) is 78.9 Å². The maximum atomic E-state index is 5.64. The van der Waals surface area contributed by atoms with Gasteiger partial charge in [0, 0.05) is 49.8 Å². The Labute approximate surface area is 556 Å². The Morgan fingerprint density at radius 2 is 0.967 bits per heavy atom. The van der Waals surface area contributed by atoms with E-state index < -0.39 is 0 Å². The summed E-state index contributed by atoms with van der Waals surface area (Å²) in [6.07, 6.45) is 45.1. The summed E-state index contributed by atoms with van der Waals surface area (Å²) < 4.78 is 38.1. The predicted octanol–water partition coefficient (Wildman–Crippen LogP) is 20.6. The summed E-state index contributed by atoms with van der Waals surface area (Å²) in [6.45, 7) is 15.5. The maximum Gasteiger partial charge on any atom is 0.0793 e. The molecule has 17 unspecified atom stereocenters. The lowest BCUT2D eigenvalue weighted by atomic mass is 9.48. The van der Waals surface area contributed by atoms with Crippen molar-refractivity contribution in [1.82, 2.24) is 0 Å². The summed E-state index contributed by atoms with van der Waals surface area (Å²) in [5.41, 5.74) is 4.87. The van der Waals surface area contributed by atoms with Gasteiger partial charge in [0.2, 0.25) is 0 Å². The van der Waals surface area contributed by atoms with Crippen molar-refractivity contribution in [2.75, 3.05) is 49.8 Å². The van der Waals surface area contributed by atoms with Gasteiger partial charge >= 0.3 is 0 Å². The Morgan fingerprint density at radius 3 is 1.54 bits per heavy atom. The lowest BCUT2D eigenvalue weighted by Gasteiger charge is -2.58. The van der Waals surface area contributed by atoms with Gasteiger partial charge in [-0.3, -0.25) is 0 Å². The summed E-state index contributed by atoms with van der Waals surface area (Å²) in [5, 5.41) is 2.55. The summed E-state index contributed by atoms with van der Waals surface area (Å²) in [6, 6.07) is 23.6. The van der Waals surface area contributed by atoms with Crippen LogP contribution in [0.25, 0.3) is 10.8 Å². The zero-order valence-electron chi connectivity index (χ0n) is 60.2. The second kappa shape index (κ2) is 33.6. The SMILES string of the molecule is COC(C)C12CC3CC(CC(C3)C1)C2.COC(C)C1C2CC3CC(C2)CC1C3.COC(C)C1CC2CC1C1CCCC21.COC(C)C1CC2CCC1C2.COC(C)C1CC=CCC1.COC(C)C1CCc2ccccc2C1.COC(C)c1ccc2ccccc2c1. The minimum absolute atomic E-state index is 0.166. The molecule has 7 heteroatoms. The Balaban J connectivity index is 0.000000117. The van der Waals surface area contributed by atoms with Crippen LogP contribution in [0.4, 0.5) is 0 Å². The third-order valence-electron chi connectivity index (χ3n) is 28.1. The van der Waals surface area contributed by atoms with Crippen molar-refractivity contribution in [3.05, 3.63) is 95.6 Å². The van der Waals surface area contributed by atoms with Crippen LogP contribution in [-0.4, -0.2) is 86.4 Å². The molecule has 510 valence electrons. The van der Waals surface area contributed by atoms with Crippen LogP contribution < -0.4 is 0 Å². The van der Waals surface area contributed by atoms with Crippen LogP contribution in [-0.2, 0) is 46.0 Å². The molecule has 0 aromatic heterocycles. The molecule has 13 fully saturated rings. The summed E-state index contributed by atoms with van der Waals surface area (Å²) >= 11 is 0. The molecular formula is C84H132O7. The van der Waals surface area contributed by atoms with Crippen molar-refractivity contribution >= 4 is 10.8 Å². The first kappa shape index (κ1) is 71.2. The third kappa shape index (κ3) is 17.4. The molecule has 0 N–H and O–H groups in total. The second-order valence-corrected chi connectivity index (χ2v) is 32.8. The van der Waals surface area contributed by atoms with E-state index >= 15 is 0 Å². The van der Waals surface area contributed by atoms with E-state index in [4.69, 9.17) is 33.2 Å². The molecule has 18 rings (SSSR count). The second-order valence-electron chi connectivity index (χ2n) is 32.8. The van der Waals surface area contributed by atoms with Gasteiger partial charge in [0.15, 0.2) is 0 Å². The lowest BCUT2D eigenvalue weighted by Crippen LogP contribution is -2.51. The average Bonchev–Trinajstić information content (AvgIpc) is 1.05. The van der Waals surface area contributed by atoms with Crippen molar-refractivity contribution in [2.24, 2.45) is 112 Å². The first-order chi connectivity index (χ1) is 44.1. The van der Waals surface area contributed by atoms with Crippen LogP contribution in [0.5, 0.6) is 0 Å². The molecule has 15 aliphatic rings.